The molecular formula is C23H32F4O2. The lowest BCUT2D eigenvalue weighted by molar-refractivity contribution is -0.225. The maximum absolute atomic E-state index is 14.6. The van der Waals surface area contributed by atoms with Crippen LogP contribution in [0.2, 0.25) is 0 Å². The van der Waals surface area contributed by atoms with Crippen molar-refractivity contribution in [2.24, 2.45) is 17.8 Å². The fraction of sp³-hybridized carbons (Fsp3) is 0.739. The minimum atomic E-state index is -3.45. The fourth-order valence-electron chi connectivity index (χ4n) is 4.67. The van der Waals surface area contributed by atoms with E-state index in [1.165, 1.54) is 26.2 Å². The van der Waals surface area contributed by atoms with Crippen LogP contribution in [0.25, 0.3) is 0 Å². The molecule has 0 spiro atoms. The first kappa shape index (κ1) is 22.4. The predicted octanol–water partition coefficient (Wildman–Crippen LogP) is 7.04. The Hall–Kier alpha value is -1.30. The minimum Gasteiger partial charge on any atom is -0.432 e. The fourth-order valence-corrected chi connectivity index (χ4v) is 4.67. The molecule has 1 aliphatic carbocycles. The van der Waals surface area contributed by atoms with Gasteiger partial charge in [-0.3, -0.25) is 0 Å². The normalized spacial score (nSPS) is 28.3. The van der Waals surface area contributed by atoms with Crippen molar-refractivity contribution in [2.45, 2.75) is 83.8 Å². The third-order valence-corrected chi connectivity index (χ3v) is 6.65. The molecule has 1 aromatic rings. The summed E-state index contributed by atoms with van der Waals surface area (Å²) >= 11 is 0. The lowest BCUT2D eigenvalue weighted by Crippen LogP contribution is -2.40. The van der Waals surface area contributed by atoms with E-state index in [-0.39, 0.29) is 11.7 Å². The van der Waals surface area contributed by atoms with Gasteiger partial charge in [-0.15, -0.1) is 0 Å². The molecule has 2 aliphatic rings. The number of hydrogen-bond acceptors (Lipinski definition) is 2. The number of benzene rings is 1. The molecule has 2 atom stereocenters. The van der Waals surface area contributed by atoms with Crippen LogP contribution in [-0.2, 0) is 4.74 Å². The van der Waals surface area contributed by atoms with Gasteiger partial charge in [-0.2, -0.15) is 8.78 Å². The summed E-state index contributed by atoms with van der Waals surface area (Å²) in [5.74, 6) is -2.24. The minimum absolute atomic E-state index is 0.170. The highest BCUT2D eigenvalue weighted by atomic mass is 19.3. The van der Waals surface area contributed by atoms with Crippen LogP contribution < -0.4 is 4.74 Å². The molecule has 1 saturated carbocycles. The van der Waals surface area contributed by atoms with Crippen molar-refractivity contribution < 1.29 is 27.0 Å². The Morgan fingerprint density at radius 1 is 1.03 bits per heavy atom. The van der Waals surface area contributed by atoms with Crippen LogP contribution in [0.3, 0.4) is 0 Å². The van der Waals surface area contributed by atoms with Gasteiger partial charge in [-0.25, -0.2) is 8.78 Å². The molecule has 164 valence electrons. The maximum atomic E-state index is 14.6. The van der Waals surface area contributed by atoms with Gasteiger partial charge >= 0.3 is 6.11 Å². The maximum Gasteiger partial charge on any atom is 0.400 e. The smallest absolute Gasteiger partial charge is 0.400 e. The lowest BCUT2D eigenvalue weighted by atomic mass is 9.76. The van der Waals surface area contributed by atoms with Crippen LogP contribution >= 0.6 is 0 Å². The van der Waals surface area contributed by atoms with Crippen LogP contribution in [0.15, 0.2) is 12.1 Å². The molecule has 1 aliphatic heterocycles. The predicted molar refractivity (Wildman–Crippen MR) is 104 cm³/mol. The van der Waals surface area contributed by atoms with Gasteiger partial charge in [0.05, 0.1) is 12.0 Å². The highest BCUT2D eigenvalue weighted by Gasteiger charge is 2.45. The molecular weight excluding hydrogens is 384 g/mol. The molecule has 2 nitrogen and oxygen atoms in total. The molecule has 0 bridgehead atoms. The average Bonchev–Trinajstić information content (AvgIpc) is 2.70. The van der Waals surface area contributed by atoms with Crippen LogP contribution in [-0.4, -0.2) is 18.8 Å². The van der Waals surface area contributed by atoms with Gasteiger partial charge < -0.3 is 9.47 Å². The molecule has 1 heterocycles. The SMILES string of the molecule is CCCCC1CCC(C2CCC(C(F)(F)Oc3cc(F)c(C)c(F)c3)CC2)OC1. The number of rotatable bonds is 7. The first-order valence-electron chi connectivity index (χ1n) is 10.9. The highest BCUT2D eigenvalue weighted by Crippen LogP contribution is 2.43. The Bertz CT molecular complexity index is 640. The van der Waals surface area contributed by atoms with Crippen molar-refractivity contribution in [3.8, 4) is 5.75 Å². The molecule has 6 heteroatoms. The summed E-state index contributed by atoms with van der Waals surface area (Å²) in [5, 5.41) is 0. The van der Waals surface area contributed by atoms with E-state index in [0.29, 0.717) is 37.5 Å². The molecule has 29 heavy (non-hydrogen) atoms. The molecule has 2 unspecified atom stereocenters. The molecule has 1 saturated heterocycles. The van der Waals surface area contributed by atoms with E-state index < -0.39 is 29.4 Å². The Morgan fingerprint density at radius 2 is 1.69 bits per heavy atom. The summed E-state index contributed by atoms with van der Waals surface area (Å²) in [6, 6.07) is 1.64. The summed E-state index contributed by atoms with van der Waals surface area (Å²) in [4.78, 5) is 0. The van der Waals surface area contributed by atoms with Crippen molar-refractivity contribution >= 4 is 0 Å². The Balaban J connectivity index is 1.49. The van der Waals surface area contributed by atoms with Crippen LogP contribution in [0.4, 0.5) is 17.6 Å². The molecule has 0 N–H and O–H groups in total. The summed E-state index contributed by atoms with van der Waals surface area (Å²) in [6.07, 6.45) is 4.53. The summed E-state index contributed by atoms with van der Waals surface area (Å²) < 4.78 is 67.3. The van der Waals surface area contributed by atoms with Crippen LogP contribution in [0.5, 0.6) is 5.75 Å². The van der Waals surface area contributed by atoms with Gasteiger partial charge in [0.25, 0.3) is 0 Å². The standard InChI is InChI=1S/C23H32F4O2/c1-3-4-5-16-6-11-22(28-14-16)17-7-9-18(10-8-17)23(26,27)29-19-12-20(24)15(2)21(25)13-19/h12-13,16-18,22H,3-11,14H2,1-2H3. The van der Waals surface area contributed by atoms with Crippen molar-refractivity contribution in [3.05, 3.63) is 29.3 Å². The zero-order valence-electron chi connectivity index (χ0n) is 17.4. The largest absolute Gasteiger partial charge is 0.432 e. The van der Waals surface area contributed by atoms with Gasteiger partial charge in [0.1, 0.15) is 17.4 Å². The van der Waals surface area contributed by atoms with Gasteiger partial charge in [0, 0.05) is 24.3 Å². The molecule has 0 aromatic heterocycles. The highest BCUT2D eigenvalue weighted by molar-refractivity contribution is 5.30. The van der Waals surface area contributed by atoms with E-state index in [2.05, 4.69) is 6.92 Å². The van der Waals surface area contributed by atoms with E-state index >= 15 is 0 Å². The number of hydrogen-bond donors (Lipinski definition) is 0. The van der Waals surface area contributed by atoms with Crippen molar-refractivity contribution in [2.75, 3.05) is 6.61 Å². The number of halogens is 4. The monoisotopic (exact) mass is 416 g/mol. The second kappa shape index (κ2) is 9.67. The van der Waals surface area contributed by atoms with Gasteiger partial charge in [-0.05, 0) is 63.7 Å². The second-order valence-corrected chi connectivity index (χ2v) is 8.74. The van der Waals surface area contributed by atoms with Gasteiger partial charge in [0.15, 0.2) is 0 Å². The van der Waals surface area contributed by atoms with Crippen LogP contribution in [0.1, 0.15) is 70.3 Å². The average molecular weight is 416 g/mol. The van der Waals surface area contributed by atoms with Crippen molar-refractivity contribution in [1.82, 2.24) is 0 Å². The third-order valence-electron chi connectivity index (χ3n) is 6.65. The number of alkyl halides is 2. The van der Waals surface area contributed by atoms with Crippen molar-refractivity contribution in [3.63, 3.8) is 0 Å². The lowest BCUT2D eigenvalue weighted by Gasteiger charge is -2.39. The zero-order valence-corrected chi connectivity index (χ0v) is 17.4. The van der Waals surface area contributed by atoms with E-state index in [1.54, 1.807) is 0 Å². The molecule has 0 amide bonds. The Morgan fingerprint density at radius 3 is 2.24 bits per heavy atom. The Kier molecular flexibility index (Phi) is 7.47. The number of ether oxygens (including phenoxy) is 2. The van der Waals surface area contributed by atoms with E-state index in [9.17, 15) is 17.6 Å². The van der Waals surface area contributed by atoms with Crippen molar-refractivity contribution in [1.29, 1.82) is 0 Å². The molecule has 0 radical (unpaired) electrons. The van der Waals surface area contributed by atoms with E-state index in [0.717, 1.165) is 31.6 Å². The van der Waals surface area contributed by atoms with Crippen LogP contribution in [0, 0.1) is 36.3 Å². The number of unbranched alkanes of at least 4 members (excludes halogenated alkanes) is 1. The van der Waals surface area contributed by atoms with Gasteiger partial charge in [-0.1, -0.05) is 19.8 Å². The zero-order chi connectivity index (χ0) is 21.0. The summed E-state index contributed by atoms with van der Waals surface area (Å²) in [5.41, 5.74) is -0.203. The molecule has 2 fully saturated rings. The molecule has 1 aromatic carbocycles. The quantitative estimate of drug-likeness (QED) is 0.444. The Labute approximate surface area is 171 Å². The molecule has 3 rings (SSSR count). The first-order chi connectivity index (χ1) is 13.8. The summed E-state index contributed by atoms with van der Waals surface area (Å²) in [7, 11) is 0. The third kappa shape index (κ3) is 5.65. The van der Waals surface area contributed by atoms with E-state index in [1.807, 2.05) is 0 Å². The first-order valence-corrected chi connectivity index (χ1v) is 10.9. The second-order valence-electron chi connectivity index (χ2n) is 8.74. The van der Waals surface area contributed by atoms with Gasteiger partial charge in [0.2, 0.25) is 0 Å². The summed E-state index contributed by atoms with van der Waals surface area (Å²) in [6.45, 7) is 4.23. The topological polar surface area (TPSA) is 18.5 Å². The van der Waals surface area contributed by atoms with E-state index in [4.69, 9.17) is 9.47 Å².